The van der Waals surface area contributed by atoms with Crippen LogP contribution >= 0.6 is 11.6 Å². The zero-order valence-electron chi connectivity index (χ0n) is 15.9. The molecule has 5 heteroatoms. The summed E-state index contributed by atoms with van der Waals surface area (Å²) in [4.78, 5) is 37.8. The summed E-state index contributed by atoms with van der Waals surface area (Å²) in [5.41, 5.74) is -2.28. The van der Waals surface area contributed by atoms with Crippen LogP contribution in [0.2, 0.25) is 0 Å². The minimum Gasteiger partial charge on any atom is -0.381 e. The summed E-state index contributed by atoms with van der Waals surface area (Å²) in [6.45, 7) is 5.56. The molecule has 0 bridgehead atoms. The van der Waals surface area contributed by atoms with Crippen molar-refractivity contribution in [3.63, 3.8) is 0 Å². The first kappa shape index (κ1) is 18.6. The Morgan fingerprint density at radius 3 is 2.42 bits per heavy atom. The van der Waals surface area contributed by atoms with E-state index in [4.69, 9.17) is 11.6 Å². The minimum absolute atomic E-state index is 0.0630. The third-order valence-electron chi connectivity index (χ3n) is 8.94. The van der Waals surface area contributed by atoms with Crippen molar-refractivity contribution in [3.05, 3.63) is 0 Å². The zero-order valence-corrected chi connectivity index (χ0v) is 16.6. The van der Waals surface area contributed by atoms with Crippen LogP contribution in [-0.4, -0.2) is 33.4 Å². The molecule has 4 nitrogen and oxygen atoms in total. The van der Waals surface area contributed by atoms with Gasteiger partial charge in [0.1, 0.15) is 11.4 Å². The smallest absolute Gasteiger partial charge is 0.161 e. The molecule has 0 aromatic carbocycles. The van der Waals surface area contributed by atoms with Crippen LogP contribution in [0, 0.1) is 34.5 Å². The lowest BCUT2D eigenvalue weighted by Gasteiger charge is -2.60. The van der Waals surface area contributed by atoms with Crippen LogP contribution in [0.3, 0.4) is 0 Å². The van der Waals surface area contributed by atoms with Crippen molar-refractivity contribution in [2.24, 2.45) is 34.5 Å². The summed E-state index contributed by atoms with van der Waals surface area (Å²) in [7, 11) is 0. The van der Waals surface area contributed by atoms with Gasteiger partial charge in [0.2, 0.25) is 0 Å². The molecule has 4 aliphatic rings. The number of aliphatic hydroxyl groups is 1. The Morgan fingerprint density at radius 1 is 1.08 bits per heavy atom. The Labute approximate surface area is 160 Å². The zero-order chi connectivity index (χ0) is 19.1. The molecule has 4 aliphatic carbocycles. The molecule has 0 radical (unpaired) electrons. The Kier molecular flexibility index (Phi) is 4.03. The van der Waals surface area contributed by atoms with E-state index >= 15 is 0 Å². The summed E-state index contributed by atoms with van der Waals surface area (Å²) in [5.74, 6) is 0.415. The van der Waals surface area contributed by atoms with Crippen LogP contribution in [0.15, 0.2) is 0 Å². The SMILES string of the molecule is CC(=O)[C@]1(O)CC[C@H]2[C@@H]3CC[C@H]4[C@@H](Cl)C(=O)CC[C@]4(C)[C@H]3C(=O)C[C@@]21C. The number of Topliss-reactive ketones (excluding diaryl/α,β-unsaturated/α-hetero) is 3. The number of ketones is 3. The number of hydrogen-bond acceptors (Lipinski definition) is 4. The van der Waals surface area contributed by atoms with Gasteiger partial charge in [-0.3, -0.25) is 14.4 Å². The van der Waals surface area contributed by atoms with Crippen molar-refractivity contribution in [1.82, 2.24) is 0 Å². The number of rotatable bonds is 1. The predicted molar refractivity (Wildman–Crippen MR) is 97.8 cm³/mol. The van der Waals surface area contributed by atoms with E-state index in [-0.39, 0.29) is 52.9 Å². The topological polar surface area (TPSA) is 71.4 Å². The third kappa shape index (κ3) is 2.09. The maximum absolute atomic E-state index is 13.4. The van der Waals surface area contributed by atoms with Gasteiger partial charge in [-0.05, 0) is 62.2 Å². The standard InChI is InChI=1S/C21H29ClO4/c1-11(23)21(26)9-6-13-12-4-5-14-18(22)15(24)7-8-19(14,2)17(12)16(25)10-20(13,21)3/h12-14,17-18,26H,4-10H2,1-3H3/t12-,13-,14-,17+,18+,19-,20-,21+/m0/s1. The summed E-state index contributed by atoms with van der Waals surface area (Å²) in [6, 6.07) is 0. The van der Waals surface area contributed by atoms with Crippen LogP contribution in [0.5, 0.6) is 0 Å². The lowest BCUT2D eigenvalue weighted by atomic mass is 9.44. The Morgan fingerprint density at radius 2 is 1.77 bits per heavy atom. The molecule has 0 aliphatic heterocycles. The number of carbonyl (C=O) groups is 3. The van der Waals surface area contributed by atoms with Crippen LogP contribution in [0.25, 0.3) is 0 Å². The molecular weight excluding hydrogens is 352 g/mol. The van der Waals surface area contributed by atoms with E-state index in [1.165, 1.54) is 6.92 Å². The molecule has 0 amide bonds. The molecule has 4 saturated carbocycles. The van der Waals surface area contributed by atoms with Crippen LogP contribution in [0.4, 0.5) is 0 Å². The quantitative estimate of drug-likeness (QED) is 0.708. The van der Waals surface area contributed by atoms with Crippen molar-refractivity contribution in [2.45, 2.75) is 76.7 Å². The van der Waals surface area contributed by atoms with Crippen LogP contribution < -0.4 is 0 Å². The van der Waals surface area contributed by atoms with Gasteiger partial charge in [-0.1, -0.05) is 13.8 Å². The Bertz CT molecular complexity index is 689. The second-order valence-electron chi connectivity index (χ2n) is 9.82. The van der Waals surface area contributed by atoms with Gasteiger partial charge in [0.05, 0.1) is 5.38 Å². The maximum atomic E-state index is 13.4. The van der Waals surface area contributed by atoms with E-state index < -0.39 is 16.4 Å². The molecule has 0 spiro atoms. The summed E-state index contributed by atoms with van der Waals surface area (Å²) in [6.07, 6.45) is 4.42. The number of carbonyl (C=O) groups excluding carboxylic acids is 3. The van der Waals surface area contributed by atoms with Crippen LogP contribution in [0.1, 0.15) is 65.7 Å². The monoisotopic (exact) mass is 380 g/mol. The molecule has 0 aromatic rings. The van der Waals surface area contributed by atoms with Gasteiger partial charge in [0, 0.05) is 24.2 Å². The van der Waals surface area contributed by atoms with E-state index in [0.717, 1.165) is 25.7 Å². The molecule has 26 heavy (non-hydrogen) atoms. The fourth-order valence-electron chi connectivity index (χ4n) is 7.49. The molecule has 144 valence electrons. The average molecular weight is 381 g/mol. The first-order valence-electron chi connectivity index (χ1n) is 9.99. The molecule has 8 atom stereocenters. The summed E-state index contributed by atoms with van der Waals surface area (Å²) < 4.78 is 0. The normalized spacial score (nSPS) is 53.7. The van der Waals surface area contributed by atoms with E-state index in [1.54, 1.807) is 0 Å². The first-order chi connectivity index (χ1) is 12.1. The highest BCUT2D eigenvalue weighted by Gasteiger charge is 2.69. The van der Waals surface area contributed by atoms with Crippen molar-refractivity contribution in [2.75, 3.05) is 0 Å². The molecule has 0 saturated heterocycles. The maximum Gasteiger partial charge on any atom is 0.161 e. The molecule has 1 N–H and O–H groups in total. The Balaban J connectivity index is 1.73. The highest BCUT2D eigenvalue weighted by molar-refractivity contribution is 6.31. The highest BCUT2D eigenvalue weighted by atomic mass is 35.5. The van der Waals surface area contributed by atoms with Gasteiger partial charge in [-0.15, -0.1) is 11.6 Å². The number of alkyl halides is 1. The number of hydrogen-bond donors (Lipinski definition) is 1. The van der Waals surface area contributed by atoms with Gasteiger partial charge in [0.25, 0.3) is 0 Å². The van der Waals surface area contributed by atoms with Crippen molar-refractivity contribution < 1.29 is 19.5 Å². The molecule has 4 rings (SSSR count). The van der Waals surface area contributed by atoms with Crippen molar-refractivity contribution >= 4 is 29.0 Å². The number of fused-ring (bicyclic) bond motifs is 5. The molecule has 0 aromatic heterocycles. The minimum atomic E-state index is -1.38. The molecule has 4 fully saturated rings. The van der Waals surface area contributed by atoms with Crippen LogP contribution in [-0.2, 0) is 14.4 Å². The third-order valence-corrected chi connectivity index (χ3v) is 9.48. The first-order valence-corrected chi connectivity index (χ1v) is 10.4. The summed E-state index contributed by atoms with van der Waals surface area (Å²) in [5, 5.41) is 10.7. The second kappa shape index (κ2) is 5.64. The van der Waals surface area contributed by atoms with Gasteiger partial charge < -0.3 is 5.11 Å². The Hall–Kier alpha value is -0.740. The van der Waals surface area contributed by atoms with Crippen molar-refractivity contribution in [3.8, 4) is 0 Å². The predicted octanol–water partition coefficient (Wildman–Crippen LogP) is 3.31. The fourth-order valence-corrected chi connectivity index (χ4v) is 8.02. The molecule has 0 unspecified atom stereocenters. The summed E-state index contributed by atoms with van der Waals surface area (Å²) >= 11 is 6.49. The number of halogens is 1. The van der Waals surface area contributed by atoms with E-state index in [1.807, 2.05) is 6.92 Å². The van der Waals surface area contributed by atoms with Crippen molar-refractivity contribution in [1.29, 1.82) is 0 Å². The van der Waals surface area contributed by atoms with Gasteiger partial charge >= 0.3 is 0 Å². The van der Waals surface area contributed by atoms with E-state index in [2.05, 4.69) is 6.92 Å². The fraction of sp³-hybridized carbons (Fsp3) is 0.857. The highest BCUT2D eigenvalue weighted by Crippen LogP contribution is 2.67. The largest absolute Gasteiger partial charge is 0.381 e. The van der Waals surface area contributed by atoms with Gasteiger partial charge in [0.15, 0.2) is 11.6 Å². The second-order valence-corrected chi connectivity index (χ2v) is 10.3. The van der Waals surface area contributed by atoms with Gasteiger partial charge in [-0.2, -0.15) is 0 Å². The van der Waals surface area contributed by atoms with E-state index in [0.29, 0.717) is 12.8 Å². The van der Waals surface area contributed by atoms with Gasteiger partial charge in [-0.25, -0.2) is 0 Å². The lowest BCUT2D eigenvalue weighted by molar-refractivity contribution is -0.176. The molecule has 0 heterocycles. The molecular formula is C21H29ClO4. The van der Waals surface area contributed by atoms with E-state index in [9.17, 15) is 19.5 Å². The lowest BCUT2D eigenvalue weighted by Crippen LogP contribution is -2.62. The average Bonchev–Trinajstić information content (AvgIpc) is 2.83.